The van der Waals surface area contributed by atoms with Crippen molar-refractivity contribution < 1.29 is 9.84 Å². The summed E-state index contributed by atoms with van der Waals surface area (Å²) in [6.45, 7) is 7.07. The Morgan fingerprint density at radius 1 is 1.31 bits per heavy atom. The van der Waals surface area contributed by atoms with E-state index in [9.17, 15) is 0 Å². The summed E-state index contributed by atoms with van der Waals surface area (Å²) < 4.78 is 5.12. The molecule has 0 bridgehead atoms. The van der Waals surface area contributed by atoms with Gasteiger partial charge < -0.3 is 15.6 Å². The average molecular weight is 232 g/mol. The first-order valence-corrected chi connectivity index (χ1v) is 6.28. The molecule has 0 aliphatic heterocycles. The summed E-state index contributed by atoms with van der Waals surface area (Å²) in [5.41, 5.74) is 5.96. The molecule has 0 aliphatic carbocycles. The lowest BCUT2D eigenvalue weighted by atomic mass is 10.1. The van der Waals surface area contributed by atoms with Crippen molar-refractivity contribution in [1.82, 2.24) is 4.90 Å². The Balaban J connectivity index is 4.17. The largest absolute Gasteiger partial charge is 0.396 e. The van der Waals surface area contributed by atoms with Gasteiger partial charge in [-0.2, -0.15) is 0 Å². The van der Waals surface area contributed by atoms with Gasteiger partial charge in [0.2, 0.25) is 0 Å². The molecule has 0 aromatic rings. The average Bonchev–Trinajstić information content (AvgIpc) is 2.27. The molecule has 0 rings (SSSR count). The van der Waals surface area contributed by atoms with Gasteiger partial charge in [-0.15, -0.1) is 0 Å². The van der Waals surface area contributed by atoms with Crippen molar-refractivity contribution in [2.45, 2.75) is 45.2 Å². The predicted molar refractivity (Wildman–Crippen MR) is 67.5 cm³/mol. The van der Waals surface area contributed by atoms with E-state index in [-0.39, 0.29) is 12.6 Å². The first kappa shape index (κ1) is 15.8. The summed E-state index contributed by atoms with van der Waals surface area (Å²) >= 11 is 0. The van der Waals surface area contributed by atoms with Crippen LogP contribution in [0.4, 0.5) is 0 Å². The third-order valence-electron chi connectivity index (χ3n) is 3.01. The number of hydrogen-bond donors (Lipinski definition) is 2. The molecule has 0 aromatic heterocycles. The van der Waals surface area contributed by atoms with E-state index in [1.807, 2.05) is 0 Å². The Hall–Kier alpha value is -0.160. The lowest BCUT2D eigenvalue weighted by molar-refractivity contribution is 0.107. The van der Waals surface area contributed by atoms with E-state index in [0.717, 1.165) is 32.5 Å². The summed E-state index contributed by atoms with van der Waals surface area (Å²) in [5.74, 6) is 0. The Bertz CT molecular complexity index is 152. The highest BCUT2D eigenvalue weighted by Crippen LogP contribution is 2.09. The molecule has 0 saturated heterocycles. The second-order valence-electron chi connectivity index (χ2n) is 4.23. The molecule has 16 heavy (non-hydrogen) atoms. The molecule has 4 heteroatoms. The molecule has 3 N–H and O–H groups in total. The molecular formula is C12H28N2O2. The number of nitrogens with zero attached hydrogens (tertiary/aromatic N) is 1. The number of aliphatic hydroxyl groups is 1. The molecule has 0 radical (unpaired) electrons. The molecule has 1 atom stereocenters. The van der Waals surface area contributed by atoms with Crippen molar-refractivity contribution in [3.05, 3.63) is 0 Å². The van der Waals surface area contributed by atoms with Crippen LogP contribution in [0.5, 0.6) is 0 Å². The molecular weight excluding hydrogens is 204 g/mol. The van der Waals surface area contributed by atoms with Crippen molar-refractivity contribution in [2.75, 3.05) is 33.4 Å². The number of aliphatic hydroxyl groups excluding tert-OH is 1. The van der Waals surface area contributed by atoms with Crippen LogP contribution in [-0.4, -0.2) is 55.5 Å². The quantitative estimate of drug-likeness (QED) is 0.586. The van der Waals surface area contributed by atoms with Crippen molar-refractivity contribution in [2.24, 2.45) is 5.73 Å². The number of nitrogens with two attached hydrogens (primary N) is 1. The zero-order chi connectivity index (χ0) is 12.4. The van der Waals surface area contributed by atoms with Crippen LogP contribution >= 0.6 is 0 Å². The molecule has 98 valence electrons. The minimum atomic E-state index is 0.0578. The molecule has 0 aliphatic rings. The van der Waals surface area contributed by atoms with Crippen LogP contribution in [0.25, 0.3) is 0 Å². The Morgan fingerprint density at radius 3 is 2.38 bits per heavy atom. The maximum atomic E-state index is 8.86. The topological polar surface area (TPSA) is 58.7 Å². The van der Waals surface area contributed by atoms with Gasteiger partial charge in [0.05, 0.1) is 6.61 Å². The molecule has 0 saturated carbocycles. The lowest BCUT2D eigenvalue weighted by Crippen LogP contribution is -2.44. The Morgan fingerprint density at radius 2 is 1.94 bits per heavy atom. The molecule has 0 spiro atoms. The van der Waals surface area contributed by atoms with Crippen LogP contribution < -0.4 is 5.73 Å². The van der Waals surface area contributed by atoms with Gasteiger partial charge in [0, 0.05) is 38.9 Å². The van der Waals surface area contributed by atoms with Gasteiger partial charge in [-0.25, -0.2) is 0 Å². The SMILES string of the molecule is CCC(CC)N(CCOC)CC(N)CCO. The zero-order valence-corrected chi connectivity index (χ0v) is 11.0. The second kappa shape index (κ2) is 10.0. The standard InChI is InChI=1S/C12H28N2O2/c1-4-12(5-2)14(7-9-16-3)10-11(13)6-8-15/h11-12,15H,4-10,13H2,1-3H3. The first-order chi connectivity index (χ1) is 7.69. The Labute approximate surface area is 99.8 Å². The summed E-state index contributed by atoms with van der Waals surface area (Å²) in [5, 5.41) is 8.86. The van der Waals surface area contributed by atoms with Crippen molar-refractivity contribution in [1.29, 1.82) is 0 Å². The van der Waals surface area contributed by atoms with Gasteiger partial charge in [0.25, 0.3) is 0 Å². The van der Waals surface area contributed by atoms with Gasteiger partial charge in [-0.05, 0) is 19.3 Å². The van der Waals surface area contributed by atoms with Crippen LogP contribution in [0.3, 0.4) is 0 Å². The van der Waals surface area contributed by atoms with Gasteiger partial charge in [-0.3, -0.25) is 4.90 Å². The minimum Gasteiger partial charge on any atom is -0.396 e. The fourth-order valence-electron chi connectivity index (χ4n) is 1.99. The smallest absolute Gasteiger partial charge is 0.0589 e. The van der Waals surface area contributed by atoms with Gasteiger partial charge >= 0.3 is 0 Å². The summed E-state index contributed by atoms with van der Waals surface area (Å²) in [6.07, 6.45) is 2.93. The van der Waals surface area contributed by atoms with Crippen molar-refractivity contribution >= 4 is 0 Å². The molecule has 0 aromatic carbocycles. The summed E-state index contributed by atoms with van der Waals surface area (Å²) in [7, 11) is 1.72. The molecule has 0 amide bonds. The Kier molecular flexibility index (Phi) is 9.92. The molecule has 0 heterocycles. The third-order valence-corrected chi connectivity index (χ3v) is 3.01. The highest BCUT2D eigenvalue weighted by Gasteiger charge is 2.17. The fraction of sp³-hybridized carbons (Fsp3) is 1.00. The fourth-order valence-corrected chi connectivity index (χ4v) is 1.99. The zero-order valence-electron chi connectivity index (χ0n) is 11.0. The van der Waals surface area contributed by atoms with E-state index in [1.165, 1.54) is 0 Å². The monoisotopic (exact) mass is 232 g/mol. The third kappa shape index (κ3) is 6.43. The van der Waals surface area contributed by atoms with E-state index >= 15 is 0 Å². The molecule has 0 fully saturated rings. The van der Waals surface area contributed by atoms with E-state index in [0.29, 0.717) is 12.5 Å². The number of hydrogen-bond acceptors (Lipinski definition) is 4. The van der Waals surface area contributed by atoms with E-state index in [4.69, 9.17) is 15.6 Å². The maximum Gasteiger partial charge on any atom is 0.0589 e. The van der Waals surface area contributed by atoms with Gasteiger partial charge in [0.15, 0.2) is 0 Å². The maximum absolute atomic E-state index is 8.86. The van der Waals surface area contributed by atoms with Crippen molar-refractivity contribution in [3.8, 4) is 0 Å². The van der Waals surface area contributed by atoms with E-state index < -0.39 is 0 Å². The van der Waals surface area contributed by atoms with Crippen molar-refractivity contribution in [3.63, 3.8) is 0 Å². The number of rotatable bonds is 10. The normalized spacial score (nSPS) is 13.7. The van der Waals surface area contributed by atoms with E-state index in [1.54, 1.807) is 7.11 Å². The van der Waals surface area contributed by atoms with Gasteiger partial charge in [-0.1, -0.05) is 13.8 Å². The molecule has 4 nitrogen and oxygen atoms in total. The highest BCUT2D eigenvalue weighted by molar-refractivity contribution is 4.74. The first-order valence-electron chi connectivity index (χ1n) is 6.28. The lowest BCUT2D eigenvalue weighted by Gasteiger charge is -2.32. The van der Waals surface area contributed by atoms with E-state index in [2.05, 4.69) is 18.7 Å². The van der Waals surface area contributed by atoms with Crippen LogP contribution in [0.15, 0.2) is 0 Å². The van der Waals surface area contributed by atoms with Crippen LogP contribution in [0.2, 0.25) is 0 Å². The predicted octanol–water partition coefficient (Wildman–Crippen LogP) is 0.833. The minimum absolute atomic E-state index is 0.0578. The van der Waals surface area contributed by atoms with Crippen LogP contribution in [0.1, 0.15) is 33.1 Å². The summed E-state index contributed by atoms with van der Waals surface area (Å²) in [6, 6.07) is 0.627. The van der Waals surface area contributed by atoms with Crippen LogP contribution in [0, 0.1) is 0 Å². The number of methoxy groups -OCH3 is 1. The number of ether oxygens (including phenoxy) is 1. The van der Waals surface area contributed by atoms with Gasteiger partial charge in [0.1, 0.15) is 0 Å². The second-order valence-corrected chi connectivity index (χ2v) is 4.23. The van der Waals surface area contributed by atoms with Crippen LogP contribution in [-0.2, 0) is 4.74 Å². The highest BCUT2D eigenvalue weighted by atomic mass is 16.5. The molecule has 1 unspecified atom stereocenters. The summed E-state index contributed by atoms with van der Waals surface area (Å²) in [4.78, 5) is 2.38.